The highest BCUT2D eigenvalue weighted by Crippen LogP contribution is 2.26. The number of hydrogen-bond acceptors (Lipinski definition) is 6. The fourth-order valence-corrected chi connectivity index (χ4v) is 3.14. The lowest BCUT2D eigenvalue weighted by atomic mass is 10.2. The number of benzene rings is 2. The summed E-state index contributed by atoms with van der Waals surface area (Å²) >= 11 is 0. The van der Waals surface area contributed by atoms with Gasteiger partial charge in [-0.3, -0.25) is 4.79 Å². The number of amides is 1. The molecule has 1 aromatic heterocycles. The molecule has 1 heterocycles. The quantitative estimate of drug-likeness (QED) is 0.462. The summed E-state index contributed by atoms with van der Waals surface area (Å²) in [4.78, 5) is 12.4. The highest BCUT2D eigenvalue weighted by atomic mass is 32.2. The first-order chi connectivity index (χ1) is 14.3. The number of ether oxygens (including phenoxy) is 1. The fraction of sp³-hybridized carbons (Fsp3) is 0.0476. The minimum Gasteiger partial charge on any atom is -0.495 e. The number of nitrogens with two attached hydrogens (primary N) is 1. The Morgan fingerprint density at radius 1 is 1.13 bits per heavy atom. The summed E-state index contributed by atoms with van der Waals surface area (Å²) in [6.45, 7) is 0. The molecule has 0 radical (unpaired) electrons. The molecule has 8 nitrogen and oxygen atoms in total. The van der Waals surface area contributed by atoms with Crippen molar-refractivity contribution in [1.82, 2.24) is 0 Å². The molecule has 0 spiro atoms. The van der Waals surface area contributed by atoms with E-state index in [0.717, 1.165) is 0 Å². The monoisotopic (exact) mass is 423 g/mol. The third kappa shape index (κ3) is 4.75. The van der Waals surface area contributed by atoms with Crippen LogP contribution in [0, 0.1) is 11.3 Å². The Labute approximate surface area is 173 Å². The zero-order valence-corrected chi connectivity index (χ0v) is 16.6. The van der Waals surface area contributed by atoms with Gasteiger partial charge in [0.2, 0.25) is 10.0 Å². The van der Waals surface area contributed by atoms with E-state index in [4.69, 9.17) is 14.3 Å². The van der Waals surface area contributed by atoms with Gasteiger partial charge in [0.1, 0.15) is 28.9 Å². The number of sulfonamides is 1. The topological polar surface area (TPSA) is 135 Å². The van der Waals surface area contributed by atoms with Gasteiger partial charge in [-0.2, -0.15) is 5.26 Å². The van der Waals surface area contributed by atoms with Crippen LogP contribution < -0.4 is 15.2 Å². The largest absolute Gasteiger partial charge is 0.495 e. The van der Waals surface area contributed by atoms with Gasteiger partial charge < -0.3 is 14.5 Å². The van der Waals surface area contributed by atoms with Crippen LogP contribution in [0.3, 0.4) is 0 Å². The number of para-hydroxylation sites is 2. The number of methoxy groups -OCH3 is 1. The van der Waals surface area contributed by atoms with E-state index in [1.165, 1.54) is 25.3 Å². The molecule has 1 amide bonds. The minimum absolute atomic E-state index is 0.0160. The van der Waals surface area contributed by atoms with Gasteiger partial charge >= 0.3 is 0 Å². The number of nitriles is 1. The van der Waals surface area contributed by atoms with Gasteiger partial charge in [0.25, 0.3) is 5.91 Å². The molecular weight excluding hydrogens is 406 g/mol. The molecule has 9 heteroatoms. The van der Waals surface area contributed by atoms with Gasteiger partial charge in [-0.25, -0.2) is 13.6 Å². The van der Waals surface area contributed by atoms with Crippen molar-refractivity contribution in [3.63, 3.8) is 0 Å². The van der Waals surface area contributed by atoms with Gasteiger partial charge in [-0.05, 0) is 48.5 Å². The molecule has 0 unspecified atom stereocenters. The molecule has 2 aromatic carbocycles. The number of nitrogens with zero attached hydrogens (tertiary/aromatic N) is 1. The molecule has 0 aliphatic rings. The van der Waals surface area contributed by atoms with Crippen molar-refractivity contribution in [3.05, 3.63) is 72.0 Å². The molecule has 0 saturated carbocycles. The van der Waals surface area contributed by atoms with E-state index in [9.17, 15) is 18.5 Å². The SMILES string of the molecule is COc1ccccc1NC(=O)C(C#N)=Cc1ccc(-c2ccc(S(N)(=O)=O)cc2)o1. The van der Waals surface area contributed by atoms with Gasteiger partial charge in [0.05, 0.1) is 17.7 Å². The Morgan fingerprint density at radius 2 is 1.83 bits per heavy atom. The van der Waals surface area contributed by atoms with Crippen LogP contribution in [0.15, 0.2) is 75.5 Å². The van der Waals surface area contributed by atoms with E-state index in [0.29, 0.717) is 22.8 Å². The molecule has 30 heavy (non-hydrogen) atoms. The Morgan fingerprint density at radius 3 is 2.47 bits per heavy atom. The average molecular weight is 423 g/mol. The Bertz CT molecular complexity index is 1250. The first-order valence-electron chi connectivity index (χ1n) is 8.61. The summed E-state index contributed by atoms with van der Waals surface area (Å²) in [6.07, 6.45) is 1.31. The van der Waals surface area contributed by atoms with Crippen molar-refractivity contribution in [2.75, 3.05) is 12.4 Å². The molecule has 3 N–H and O–H groups in total. The van der Waals surface area contributed by atoms with Crippen molar-refractivity contribution in [2.45, 2.75) is 4.90 Å². The summed E-state index contributed by atoms with van der Waals surface area (Å²) in [5, 5.41) is 17.1. The van der Waals surface area contributed by atoms with E-state index in [1.807, 2.05) is 6.07 Å². The lowest BCUT2D eigenvalue weighted by molar-refractivity contribution is -0.112. The molecule has 0 saturated heterocycles. The number of rotatable bonds is 6. The number of anilines is 1. The van der Waals surface area contributed by atoms with E-state index >= 15 is 0 Å². The number of nitrogens with one attached hydrogen (secondary N) is 1. The number of primary sulfonamides is 1. The second kappa shape index (κ2) is 8.65. The predicted octanol–water partition coefficient (Wildman–Crippen LogP) is 3.15. The number of carbonyl (C=O) groups is 1. The third-order valence-electron chi connectivity index (χ3n) is 4.10. The predicted molar refractivity (Wildman–Crippen MR) is 111 cm³/mol. The van der Waals surface area contributed by atoms with Crippen molar-refractivity contribution in [1.29, 1.82) is 5.26 Å². The van der Waals surface area contributed by atoms with Gasteiger partial charge in [-0.1, -0.05) is 12.1 Å². The maximum atomic E-state index is 12.5. The molecule has 3 aromatic rings. The molecule has 0 bridgehead atoms. The van der Waals surface area contributed by atoms with Crippen LogP contribution >= 0.6 is 0 Å². The van der Waals surface area contributed by atoms with Gasteiger partial charge in [-0.15, -0.1) is 0 Å². The summed E-state index contributed by atoms with van der Waals surface area (Å²) in [6, 6.07) is 17.7. The van der Waals surface area contributed by atoms with Crippen LogP contribution in [0.4, 0.5) is 5.69 Å². The van der Waals surface area contributed by atoms with Crippen molar-refractivity contribution < 1.29 is 22.4 Å². The number of furan rings is 1. The Balaban J connectivity index is 1.81. The van der Waals surface area contributed by atoms with Crippen LogP contribution in [0.1, 0.15) is 5.76 Å². The molecule has 152 valence electrons. The maximum Gasteiger partial charge on any atom is 0.266 e. The summed E-state index contributed by atoms with van der Waals surface area (Å²) in [5.41, 5.74) is 0.881. The van der Waals surface area contributed by atoms with Crippen molar-refractivity contribution in [3.8, 4) is 23.1 Å². The third-order valence-corrected chi connectivity index (χ3v) is 5.03. The molecule has 0 aliphatic heterocycles. The zero-order chi connectivity index (χ0) is 21.7. The van der Waals surface area contributed by atoms with Crippen LogP contribution in [-0.2, 0) is 14.8 Å². The van der Waals surface area contributed by atoms with E-state index in [2.05, 4.69) is 5.32 Å². The smallest absolute Gasteiger partial charge is 0.266 e. The summed E-state index contributed by atoms with van der Waals surface area (Å²) in [5.74, 6) is 0.570. The second-order valence-electron chi connectivity index (χ2n) is 6.10. The zero-order valence-electron chi connectivity index (χ0n) is 15.8. The highest BCUT2D eigenvalue weighted by Gasteiger charge is 2.14. The summed E-state index contributed by atoms with van der Waals surface area (Å²) < 4.78 is 33.5. The first kappa shape index (κ1) is 20.9. The molecule has 0 aliphatic carbocycles. The molecular formula is C21H17N3O5S. The number of hydrogen-bond donors (Lipinski definition) is 2. The average Bonchev–Trinajstić information content (AvgIpc) is 3.20. The van der Waals surface area contributed by atoms with Crippen molar-refractivity contribution in [2.24, 2.45) is 5.14 Å². The lowest BCUT2D eigenvalue weighted by Crippen LogP contribution is -2.14. The maximum absolute atomic E-state index is 12.5. The van der Waals surface area contributed by atoms with Crippen molar-refractivity contribution >= 4 is 27.7 Å². The van der Waals surface area contributed by atoms with Gasteiger partial charge in [0, 0.05) is 11.6 Å². The standard InChI is InChI=1S/C21H17N3O5S/c1-28-20-5-3-2-4-18(20)24-21(25)15(13-22)12-16-8-11-19(29-16)14-6-9-17(10-7-14)30(23,26)27/h2-12H,1H3,(H,24,25)(H2,23,26,27). The minimum atomic E-state index is -3.79. The van der Waals surface area contributed by atoms with Crippen LogP contribution in [-0.4, -0.2) is 21.4 Å². The van der Waals surface area contributed by atoms with E-state index in [-0.39, 0.29) is 16.2 Å². The lowest BCUT2D eigenvalue weighted by Gasteiger charge is -2.08. The van der Waals surface area contributed by atoms with Crippen LogP contribution in [0.5, 0.6) is 5.75 Å². The van der Waals surface area contributed by atoms with E-state index < -0.39 is 15.9 Å². The first-order valence-corrected chi connectivity index (χ1v) is 10.2. The summed E-state index contributed by atoms with van der Waals surface area (Å²) in [7, 11) is -2.31. The van der Waals surface area contributed by atoms with Crippen LogP contribution in [0.2, 0.25) is 0 Å². The molecule has 3 rings (SSSR count). The number of carbonyl (C=O) groups excluding carboxylic acids is 1. The Kier molecular flexibility index (Phi) is 6.01. The normalized spacial score (nSPS) is 11.6. The molecule has 0 atom stereocenters. The molecule has 0 fully saturated rings. The highest BCUT2D eigenvalue weighted by molar-refractivity contribution is 7.89. The van der Waals surface area contributed by atoms with Crippen LogP contribution in [0.25, 0.3) is 17.4 Å². The Hall–Kier alpha value is -3.87. The second-order valence-corrected chi connectivity index (χ2v) is 7.66. The fourth-order valence-electron chi connectivity index (χ4n) is 2.62. The van der Waals surface area contributed by atoms with E-state index in [1.54, 1.807) is 48.5 Å². The van der Waals surface area contributed by atoms with Gasteiger partial charge in [0.15, 0.2) is 0 Å².